The van der Waals surface area contributed by atoms with Crippen LogP contribution in [0, 0.1) is 0 Å². The van der Waals surface area contributed by atoms with Gasteiger partial charge in [-0.3, -0.25) is 4.68 Å². The van der Waals surface area contributed by atoms with Crippen LogP contribution in [0.1, 0.15) is 26.5 Å². The van der Waals surface area contributed by atoms with Gasteiger partial charge in [0, 0.05) is 19.8 Å². The van der Waals surface area contributed by atoms with E-state index in [-0.39, 0.29) is 0 Å². The summed E-state index contributed by atoms with van der Waals surface area (Å²) in [5.74, 6) is 0. The summed E-state index contributed by atoms with van der Waals surface area (Å²) in [5, 5.41) is 7.33. The molecule has 0 fully saturated rings. The van der Waals surface area contributed by atoms with Crippen LogP contribution in [0.2, 0.25) is 5.02 Å². The second-order valence-electron chi connectivity index (χ2n) is 4.82. The smallest absolute Gasteiger partial charge is 0.407 e. The summed E-state index contributed by atoms with van der Waals surface area (Å²) in [6.45, 7) is 5.81. The number of carbonyl (C=O) groups excluding carboxylic acids is 1. The first-order chi connectivity index (χ1) is 8.28. The molecule has 0 unspecified atom stereocenters. The first-order valence-electron chi connectivity index (χ1n) is 5.60. The Morgan fingerprint density at radius 2 is 2.28 bits per heavy atom. The van der Waals surface area contributed by atoms with Crippen molar-refractivity contribution in [3.63, 3.8) is 0 Å². The molecule has 1 N–H and O–H groups in total. The molecule has 1 rings (SSSR count). The number of alkyl carbamates (subject to hydrolysis) is 1. The molecule has 0 aliphatic heterocycles. The predicted molar refractivity (Wildman–Crippen MR) is 71.5 cm³/mol. The summed E-state index contributed by atoms with van der Waals surface area (Å²) >= 11 is 5.93. The maximum Gasteiger partial charge on any atom is 0.407 e. The van der Waals surface area contributed by atoms with Crippen molar-refractivity contribution in [2.75, 3.05) is 6.54 Å². The maximum absolute atomic E-state index is 11.3. The predicted octanol–water partition coefficient (Wildman–Crippen LogP) is 2.61. The van der Waals surface area contributed by atoms with E-state index in [2.05, 4.69) is 10.4 Å². The number of rotatable bonds is 3. The lowest BCUT2D eigenvalue weighted by Crippen LogP contribution is -2.32. The van der Waals surface area contributed by atoms with E-state index in [0.29, 0.717) is 17.3 Å². The van der Waals surface area contributed by atoms with E-state index in [0.717, 1.165) is 0 Å². The van der Waals surface area contributed by atoms with Crippen molar-refractivity contribution in [1.82, 2.24) is 15.1 Å². The van der Waals surface area contributed by atoms with E-state index < -0.39 is 11.7 Å². The van der Waals surface area contributed by atoms with Gasteiger partial charge in [-0.2, -0.15) is 5.10 Å². The molecule has 100 valence electrons. The number of carbonyl (C=O) groups is 1. The molecule has 5 nitrogen and oxygen atoms in total. The van der Waals surface area contributed by atoms with Gasteiger partial charge >= 0.3 is 6.09 Å². The zero-order valence-electron chi connectivity index (χ0n) is 11.0. The molecule has 1 aromatic rings. The van der Waals surface area contributed by atoms with Crippen LogP contribution in [-0.4, -0.2) is 28.0 Å². The van der Waals surface area contributed by atoms with Gasteiger partial charge in [0.05, 0.1) is 5.02 Å². The molecule has 0 saturated carbocycles. The van der Waals surface area contributed by atoms with Gasteiger partial charge in [-0.15, -0.1) is 0 Å². The van der Waals surface area contributed by atoms with E-state index >= 15 is 0 Å². The highest BCUT2D eigenvalue weighted by molar-refractivity contribution is 6.31. The number of amides is 1. The molecule has 1 amide bonds. The summed E-state index contributed by atoms with van der Waals surface area (Å²) in [4.78, 5) is 11.3. The number of hydrogen-bond acceptors (Lipinski definition) is 3. The molecule has 0 atom stereocenters. The second-order valence-corrected chi connectivity index (χ2v) is 5.23. The van der Waals surface area contributed by atoms with Crippen LogP contribution in [0.4, 0.5) is 4.79 Å². The molecule has 0 bridgehead atoms. The fourth-order valence-electron chi connectivity index (χ4n) is 1.22. The quantitative estimate of drug-likeness (QED) is 0.919. The van der Waals surface area contributed by atoms with E-state index in [4.69, 9.17) is 16.3 Å². The normalized spacial score (nSPS) is 11.8. The van der Waals surface area contributed by atoms with E-state index in [1.165, 1.54) is 0 Å². The third-order valence-electron chi connectivity index (χ3n) is 1.85. The number of aromatic nitrogens is 2. The number of halogens is 1. The average molecular weight is 272 g/mol. The van der Waals surface area contributed by atoms with Crippen molar-refractivity contribution in [3.05, 3.63) is 23.0 Å². The average Bonchev–Trinajstić information content (AvgIpc) is 2.49. The largest absolute Gasteiger partial charge is 0.444 e. The van der Waals surface area contributed by atoms with Crippen LogP contribution in [0.5, 0.6) is 0 Å². The van der Waals surface area contributed by atoms with Crippen LogP contribution in [-0.2, 0) is 11.8 Å². The van der Waals surface area contributed by atoms with Gasteiger partial charge in [-0.25, -0.2) is 4.79 Å². The Bertz CT molecular complexity index is 447. The van der Waals surface area contributed by atoms with Crippen molar-refractivity contribution < 1.29 is 9.53 Å². The van der Waals surface area contributed by atoms with Gasteiger partial charge in [0.1, 0.15) is 11.3 Å². The Labute approximate surface area is 112 Å². The molecule has 0 spiro atoms. The summed E-state index contributed by atoms with van der Waals surface area (Å²) in [6, 6.07) is 0. The highest BCUT2D eigenvalue weighted by atomic mass is 35.5. The Kier molecular flexibility index (Phi) is 4.78. The van der Waals surface area contributed by atoms with Crippen molar-refractivity contribution in [1.29, 1.82) is 0 Å². The molecule has 6 heteroatoms. The molecule has 1 heterocycles. The number of nitrogens with one attached hydrogen (secondary N) is 1. The minimum absolute atomic E-state index is 0.363. The Balaban J connectivity index is 2.38. The molecule has 1 aromatic heterocycles. The summed E-state index contributed by atoms with van der Waals surface area (Å²) < 4.78 is 6.72. The standard InChI is InChI=1S/C12H18ClN3O2/c1-12(2,3)18-11(17)14-7-5-6-10-9(13)8-16(4)15-10/h5-6,8H,7H2,1-4H3,(H,14,17). The van der Waals surface area contributed by atoms with Gasteiger partial charge in [-0.05, 0) is 26.8 Å². The Hall–Kier alpha value is -1.49. The summed E-state index contributed by atoms with van der Waals surface area (Å²) in [6.07, 6.45) is 4.78. The highest BCUT2D eigenvalue weighted by Crippen LogP contribution is 2.14. The lowest BCUT2D eigenvalue weighted by atomic mass is 10.2. The van der Waals surface area contributed by atoms with Gasteiger partial charge in [0.25, 0.3) is 0 Å². The monoisotopic (exact) mass is 271 g/mol. The van der Waals surface area contributed by atoms with Crippen LogP contribution in [0.25, 0.3) is 6.08 Å². The second kappa shape index (κ2) is 5.91. The first-order valence-corrected chi connectivity index (χ1v) is 5.98. The highest BCUT2D eigenvalue weighted by Gasteiger charge is 2.14. The van der Waals surface area contributed by atoms with Crippen molar-refractivity contribution in [2.24, 2.45) is 7.05 Å². The summed E-state index contributed by atoms with van der Waals surface area (Å²) in [5.41, 5.74) is 0.183. The van der Waals surface area contributed by atoms with Crippen LogP contribution in [0.15, 0.2) is 12.3 Å². The fourth-order valence-corrected chi connectivity index (χ4v) is 1.46. The van der Waals surface area contributed by atoms with Gasteiger partial charge in [-0.1, -0.05) is 17.7 Å². The van der Waals surface area contributed by atoms with E-state index in [1.54, 1.807) is 30.1 Å². The molecule has 0 saturated heterocycles. The number of nitrogens with zero attached hydrogens (tertiary/aromatic N) is 2. The third-order valence-corrected chi connectivity index (χ3v) is 2.14. The molecular weight excluding hydrogens is 254 g/mol. The Morgan fingerprint density at radius 3 is 2.78 bits per heavy atom. The fraction of sp³-hybridized carbons (Fsp3) is 0.500. The molecule has 0 aliphatic carbocycles. The van der Waals surface area contributed by atoms with Crippen molar-refractivity contribution in [3.8, 4) is 0 Å². The topological polar surface area (TPSA) is 56.2 Å². The molecule has 0 aliphatic rings. The number of hydrogen-bond donors (Lipinski definition) is 1. The SMILES string of the molecule is Cn1cc(Cl)c(C=CCNC(=O)OC(C)(C)C)n1. The minimum atomic E-state index is -0.488. The lowest BCUT2D eigenvalue weighted by Gasteiger charge is -2.19. The molecular formula is C12H18ClN3O2. The lowest BCUT2D eigenvalue weighted by molar-refractivity contribution is 0.0534. The maximum atomic E-state index is 11.3. The van der Waals surface area contributed by atoms with Crippen LogP contribution in [0.3, 0.4) is 0 Å². The third kappa shape index (κ3) is 5.23. The van der Waals surface area contributed by atoms with E-state index in [9.17, 15) is 4.79 Å². The van der Waals surface area contributed by atoms with E-state index in [1.807, 2.05) is 20.8 Å². The Morgan fingerprint density at radius 1 is 1.61 bits per heavy atom. The van der Waals surface area contributed by atoms with Gasteiger partial charge < -0.3 is 10.1 Å². The van der Waals surface area contributed by atoms with Crippen molar-refractivity contribution >= 4 is 23.8 Å². The molecule has 18 heavy (non-hydrogen) atoms. The number of aryl methyl sites for hydroxylation is 1. The van der Waals surface area contributed by atoms with Gasteiger partial charge in [0.15, 0.2) is 0 Å². The molecule has 0 aromatic carbocycles. The van der Waals surface area contributed by atoms with Crippen molar-refractivity contribution in [2.45, 2.75) is 26.4 Å². The minimum Gasteiger partial charge on any atom is -0.444 e. The number of ether oxygens (including phenoxy) is 1. The molecule has 0 radical (unpaired) electrons. The van der Waals surface area contributed by atoms with Crippen LogP contribution < -0.4 is 5.32 Å². The first kappa shape index (κ1) is 14.6. The van der Waals surface area contributed by atoms with Crippen LogP contribution >= 0.6 is 11.6 Å². The van der Waals surface area contributed by atoms with Gasteiger partial charge in [0.2, 0.25) is 0 Å². The summed E-state index contributed by atoms with van der Waals surface area (Å²) in [7, 11) is 1.79. The zero-order chi connectivity index (χ0) is 13.8. The zero-order valence-corrected chi connectivity index (χ0v) is 11.8.